The first-order valence-electron chi connectivity index (χ1n) is 14.3. The predicted molar refractivity (Wildman–Crippen MR) is 156 cm³/mol. The first kappa shape index (κ1) is 37.5. The third kappa shape index (κ3) is 13.1. The third-order valence-corrected chi connectivity index (χ3v) is 6.00. The number of hydrogen-bond donors (Lipinski definition) is 3. The molecule has 0 saturated carbocycles. The first-order chi connectivity index (χ1) is 21.4. The van der Waals surface area contributed by atoms with E-state index in [0.29, 0.717) is 5.56 Å². The molecule has 1 aliphatic heterocycles. The Morgan fingerprint density at radius 3 is 1.89 bits per heavy atom. The summed E-state index contributed by atoms with van der Waals surface area (Å²) in [6, 6.07) is 6.43. The van der Waals surface area contributed by atoms with Gasteiger partial charge < -0.3 is 44.4 Å². The molecule has 3 N–H and O–H groups in total. The lowest BCUT2D eigenvalue weighted by molar-refractivity contribution is -0.257. The van der Waals surface area contributed by atoms with Gasteiger partial charge in [0, 0.05) is 33.2 Å². The molecular formula is C30H41N3O13. The smallest absolute Gasteiger partial charge is 0.315 e. The number of amides is 3. The lowest BCUT2D eigenvalue weighted by Gasteiger charge is -2.44. The number of hydrogen-bond acceptors (Lipinski definition) is 13. The van der Waals surface area contributed by atoms with Gasteiger partial charge in [0.2, 0.25) is 5.91 Å². The summed E-state index contributed by atoms with van der Waals surface area (Å²) in [7, 11) is 0. The molecule has 0 aromatic heterocycles. The zero-order valence-electron chi connectivity index (χ0n) is 26.8. The monoisotopic (exact) mass is 651 g/mol. The molecule has 16 nitrogen and oxygen atoms in total. The zero-order chi connectivity index (χ0) is 34.6. The lowest BCUT2D eigenvalue weighted by atomic mass is 9.97. The first-order valence-corrected chi connectivity index (χ1v) is 14.3. The standard InChI is InChI=1S/C30H41N3O13/c1-16(34)41-15-22-24(43-17(2)35)25(44-18(3)36)26(45-19(4)37)28(46-22)32-27(39)21(31-29(40)33-30(5,6)7)13-23(38)42-14-20-11-9-8-10-12-20/h8-12,21-22,24-26,28H,13-15H2,1-7H3,(H,32,39)(H2,31,33,40)/t21?,22-,24-,25+,26-,28-/m1/s1. The van der Waals surface area contributed by atoms with Gasteiger partial charge in [-0.05, 0) is 26.3 Å². The number of esters is 5. The molecule has 0 radical (unpaired) electrons. The van der Waals surface area contributed by atoms with Gasteiger partial charge in [-0.3, -0.25) is 28.8 Å². The minimum absolute atomic E-state index is 0.0953. The van der Waals surface area contributed by atoms with E-state index in [-0.39, 0.29) is 6.61 Å². The number of rotatable bonds is 12. The Labute approximate surface area is 266 Å². The Morgan fingerprint density at radius 2 is 1.35 bits per heavy atom. The second-order valence-electron chi connectivity index (χ2n) is 11.4. The molecule has 254 valence electrons. The number of carbonyl (C=O) groups is 7. The van der Waals surface area contributed by atoms with E-state index in [0.717, 1.165) is 27.7 Å². The van der Waals surface area contributed by atoms with Crippen molar-refractivity contribution in [2.45, 2.75) is 104 Å². The second-order valence-corrected chi connectivity index (χ2v) is 11.4. The van der Waals surface area contributed by atoms with Gasteiger partial charge in [0.05, 0.1) is 6.42 Å². The van der Waals surface area contributed by atoms with Crippen molar-refractivity contribution in [1.82, 2.24) is 16.0 Å². The molecule has 1 fully saturated rings. The van der Waals surface area contributed by atoms with Crippen molar-refractivity contribution in [2.75, 3.05) is 6.61 Å². The molecule has 46 heavy (non-hydrogen) atoms. The van der Waals surface area contributed by atoms with E-state index in [1.54, 1.807) is 51.1 Å². The van der Waals surface area contributed by atoms with Gasteiger partial charge in [-0.15, -0.1) is 0 Å². The number of nitrogens with one attached hydrogen (secondary N) is 3. The van der Waals surface area contributed by atoms with Gasteiger partial charge in [-0.1, -0.05) is 30.3 Å². The van der Waals surface area contributed by atoms with Crippen LogP contribution in [0.25, 0.3) is 0 Å². The number of carbonyl (C=O) groups excluding carboxylic acids is 7. The summed E-state index contributed by atoms with van der Waals surface area (Å²) in [6.07, 6.45) is -8.17. The minimum Gasteiger partial charge on any atom is -0.463 e. The maximum atomic E-state index is 13.7. The summed E-state index contributed by atoms with van der Waals surface area (Å²) >= 11 is 0. The van der Waals surface area contributed by atoms with E-state index in [1.165, 1.54) is 0 Å². The summed E-state index contributed by atoms with van der Waals surface area (Å²) < 4.78 is 32.3. The van der Waals surface area contributed by atoms with E-state index in [4.69, 9.17) is 28.4 Å². The highest BCUT2D eigenvalue weighted by Gasteiger charge is 2.53. The molecule has 1 saturated heterocycles. The Morgan fingerprint density at radius 1 is 0.783 bits per heavy atom. The highest BCUT2D eigenvalue weighted by molar-refractivity contribution is 5.90. The van der Waals surface area contributed by atoms with Crippen molar-refractivity contribution in [2.24, 2.45) is 0 Å². The van der Waals surface area contributed by atoms with Crippen molar-refractivity contribution in [1.29, 1.82) is 0 Å². The lowest BCUT2D eigenvalue weighted by Crippen LogP contribution is -2.67. The van der Waals surface area contributed by atoms with E-state index < -0.39 is 97.0 Å². The fraction of sp³-hybridized carbons (Fsp3) is 0.567. The summed E-state index contributed by atoms with van der Waals surface area (Å²) in [4.78, 5) is 86.9. The topological polar surface area (TPSA) is 211 Å². The van der Waals surface area contributed by atoms with Crippen molar-refractivity contribution in [3.05, 3.63) is 35.9 Å². The second kappa shape index (κ2) is 17.1. The Bertz CT molecular complexity index is 1260. The maximum Gasteiger partial charge on any atom is 0.315 e. The van der Waals surface area contributed by atoms with Gasteiger partial charge in [0.1, 0.15) is 25.4 Å². The van der Waals surface area contributed by atoms with Gasteiger partial charge in [0.15, 0.2) is 24.5 Å². The normalized spacial score (nSPS) is 21.4. The molecule has 1 aromatic carbocycles. The van der Waals surface area contributed by atoms with Crippen LogP contribution in [-0.2, 0) is 63.8 Å². The SMILES string of the molecule is CC(=O)OC[C@H]1O[C@@H](NC(=O)C(CC(=O)OCc2ccccc2)NC(=O)NC(C)(C)C)[C@H](OC(C)=O)[C@@H](OC(C)=O)[C@@H]1OC(C)=O. The van der Waals surface area contributed by atoms with Crippen LogP contribution < -0.4 is 16.0 Å². The van der Waals surface area contributed by atoms with Crippen LogP contribution in [0.3, 0.4) is 0 Å². The largest absolute Gasteiger partial charge is 0.463 e. The predicted octanol–water partition coefficient (Wildman–Crippen LogP) is 0.786. The van der Waals surface area contributed by atoms with Crippen LogP contribution in [0.2, 0.25) is 0 Å². The molecule has 16 heteroatoms. The molecule has 1 heterocycles. The van der Waals surface area contributed by atoms with Crippen LogP contribution in [0.1, 0.15) is 60.5 Å². The average Bonchev–Trinajstić information content (AvgIpc) is 2.92. The quantitative estimate of drug-likeness (QED) is 0.211. The third-order valence-electron chi connectivity index (χ3n) is 6.00. The van der Waals surface area contributed by atoms with Crippen molar-refractivity contribution < 1.29 is 62.0 Å². The number of urea groups is 1. The molecule has 3 amide bonds. The van der Waals surface area contributed by atoms with E-state index in [9.17, 15) is 33.6 Å². The Hall–Kier alpha value is -4.73. The van der Waals surface area contributed by atoms with Crippen molar-refractivity contribution in [3.63, 3.8) is 0 Å². The van der Waals surface area contributed by atoms with E-state index in [1.807, 2.05) is 0 Å². The van der Waals surface area contributed by atoms with Gasteiger partial charge in [-0.2, -0.15) is 0 Å². The fourth-order valence-corrected chi connectivity index (χ4v) is 4.29. The number of benzene rings is 1. The van der Waals surface area contributed by atoms with Crippen LogP contribution in [0, 0.1) is 0 Å². The van der Waals surface area contributed by atoms with Crippen LogP contribution in [0.15, 0.2) is 30.3 Å². The zero-order valence-corrected chi connectivity index (χ0v) is 26.8. The van der Waals surface area contributed by atoms with Crippen molar-refractivity contribution in [3.8, 4) is 0 Å². The Balaban J connectivity index is 2.41. The summed E-state index contributed by atoms with van der Waals surface area (Å²) in [5.41, 5.74) is -0.0218. The fourth-order valence-electron chi connectivity index (χ4n) is 4.29. The highest BCUT2D eigenvalue weighted by atomic mass is 16.7. The van der Waals surface area contributed by atoms with Crippen LogP contribution in [0.5, 0.6) is 0 Å². The number of ether oxygens (including phenoxy) is 6. The molecule has 1 aromatic rings. The Kier molecular flexibility index (Phi) is 13.9. The van der Waals surface area contributed by atoms with Crippen molar-refractivity contribution >= 4 is 41.8 Å². The van der Waals surface area contributed by atoms with Crippen LogP contribution >= 0.6 is 0 Å². The average molecular weight is 652 g/mol. The molecule has 0 bridgehead atoms. The molecule has 0 aliphatic carbocycles. The maximum absolute atomic E-state index is 13.7. The highest BCUT2D eigenvalue weighted by Crippen LogP contribution is 2.28. The molecule has 0 spiro atoms. The summed E-state index contributed by atoms with van der Waals surface area (Å²) in [6.45, 7) is 8.76. The van der Waals surface area contributed by atoms with E-state index >= 15 is 0 Å². The molecule has 1 unspecified atom stereocenters. The minimum atomic E-state index is -1.62. The molecule has 1 aliphatic rings. The van der Waals surface area contributed by atoms with Crippen LogP contribution in [0.4, 0.5) is 4.79 Å². The van der Waals surface area contributed by atoms with Gasteiger partial charge in [-0.25, -0.2) is 4.79 Å². The van der Waals surface area contributed by atoms with Crippen LogP contribution in [-0.4, -0.2) is 90.6 Å². The van der Waals surface area contributed by atoms with Gasteiger partial charge in [0.25, 0.3) is 0 Å². The van der Waals surface area contributed by atoms with Gasteiger partial charge >= 0.3 is 35.9 Å². The summed E-state index contributed by atoms with van der Waals surface area (Å²) in [5.74, 6) is -5.11. The molecule has 6 atom stereocenters. The molecular weight excluding hydrogens is 610 g/mol. The van der Waals surface area contributed by atoms with E-state index in [2.05, 4.69) is 16.0 Å². The summed E-state index contributed by atoms with van der Waals surface area (Å²) in [5, 5.41) is 7.51. The molecule has 2 rings (SSSR count).